The number of ether oxygens (including phenoxy) is 4. The van der Waals surface area contributed by atoms with Crippen LogP contribution in [0.1, 0.15) is 5.56 Å². The van der Waals surface area contributed by atoms with Gasteiger partial charge in [0.05, 0.1) is 19.9 Å². The molecule has 2 N–H and O–H groups in total. The molecule has 0 spiro atoms. The third kappa shape index (κ3) is 3.13. The molecule has 0 atom stereocenters. The molecule has 0 unspecified atom stereocenters. The van der Waals surface area contributed by atoms with Crippen molar-refractivity contribution in [2.45, 2.75) is 0 Å². The van der Waals surface area contributed by atoms with Gasteiger partial charge >= 0.3 is 6.03 Å². The minimum atomic E-state index is -0.887. The molecule has 1 fully saturated rings. The molecule has 2 aromatic carbocycles. The lowest BCUT2D eigenvalue weighted by Gasteiger charge is -2.26. The number of fused-ring (bicyclic) bond motifs is 1. The fourth-order valence-corrected chi connectivity index (χ4v) is 3.08. The van der Waals surface area contributed by atoms with Gasteiger partial charge in [-0.15, -0.1) is 0 Å². The zero-order valence-corrected chi connectivity index (χ0v) is 15.9. The topological polar surface area (TPSA) is 124 Å². The number of carbonyl (C=O) groups excluding carboxylic acids is 3. The molecule has 30 heavy (non-hydrogen) atoms. The van der Waals surface area contributed by atoms with Crippen LogP contribution in [0, 0.1) is 0 Å². The first-order valence-corrected chi connectivity index (χ1v) is 8.69. The molecule has 2 heterocycles. The highest BCUT2D eigenvalue weighted by Crippen LogP contribution is 2.39. The molecule has 0 radical (unpaired) electrons. The smallest absolute Gasteiger partial charge is 0.335 e. The highest BCUT2D eigenvalue weighted by molar-refractivity contribution is 6.39. The van der Waals surface area contributed by atoms with Crippen LogP contribution in [0.2, 0.25) is 0 Å². The van der Waals surface area contributed by atoms with E-state index in [0.29, 0.717) is 17.1 Å². The number of phenols is 1. The van der Waals surface area contributed by atoms with Crippen LogP contribution >= 0.6 is 0 Å². The van der Waals surface area contributed by atoms with Crippen LogP contribution in [0.3, 0.4) is 0 Å². The van der Waals surface area contributed by atoms with Gasteiger partial charge in [0, 0.05) is 6.07 Å². The van der Waals surface area contributed by atoms with Crippen molar-refractivity contribution in [3.63, 3.8) is 0 Å². The maximum absolute atomic E-state index is 13.0. The molecule has 4 amide bonds. The molecule has 0 saturated carbocycles. The largest absolute Gasteiger partial charge is 0.502 e. The van der Waals surface area contributed by atoms with E-state index in [-0.39, 0.29) is 35.3 Å². The highest BCUT2D eigenvalue weighted by Gasteiger charge is 2.37. The van der Waals surface area contributed by atoms with Crippen molar-refractivity contribution in [3.05, 3.63) is 41.5 Å². The van der Waals surface area contributed by atoms with Gasteiger partial charge in [-0.1, -0.05) is 0 Å². The average molecular weight is 412 g/mol. The molecule has 154 valence electrons. The fraction of sp³-hybridized carbons (Fsp3) is 0.150. The van der Waals surface area contributed by atoms with Crippen LogP contribution in [-0.2, 0) is 9.59 Å². The first kappa shape index (κ1) is 19.1. The predicted molar refractivity (Wildman–Crippen MR) is 103 cm³/mol. The Balaban J connectivity index is 1.74. The number of carbonyl (C=O) groups is 3. The number of nitrogens with zero attached hydrogens (tertiary/aromatic N) is 1. The second-order valence-electron chi connectivity index (χ2n) is 6.27. The fourth-order valence-electron chi connectivity index (χ4n) is 3.08. The Morgan fingerprint density at radius 2 is 1.70 bits per heavy atom. The number of urea groups is 1. The molecule has 2 aliphatic heterocycles. The zero-order valence-electron chi connectivity index (χ0n) is 15.9. The molecule has 2 aromatic rings. The molecule has 0 aromatic heterocycles. The van der Waals surface area contributed by atoms with Crippen LogP contribution < -0.4 is 29.2 Å². The molecule has 0 bridgehead atoms. The molecular weight excluding hydrogens is 396 g/mol. The Labute approximate surface area is 170 Å². The van der Waals surface area contributed by atoms with Crippen molar-refractivity contribution >= 4 is 29.6 Å². The summed E-state index contributed by atoms with van der Waals surface area (Å²) < 4.78 is 20.7. The Kier molecular flexibility index (Phi) is 4.66. The number of amides is 4. The van der Waals surface area contributed by atoms with Crippen LogP contribution in [0.4, 0.5) is 10.5 Å². The van der Waals surface area contributed by atoms with Gasteiger partial charge in [-0.2, -0.15) is 0 Å². The number of hydrogen-bond acceptors (Lipinski definition) is 8. The zero-order chi connectivity index (χ0) is 21.4. The van der Waals surface area contributed by atoms with Crippen molar-refractivity contribution in [1.29, 1.82) is 0 Å². The number of hydrogen-bond donors (Lipinski definition) is 2. The van der Waals surface area contributed by atoms with Crippen LogP contribution in [0.25, 0.3) is 6.08 Å². The maximum atomic E-state index is 13.0. The minimum absolute atomic E-state index is 0.0348. The van der Waals surface area contributed by atoms with E-state index in [0.717, 1.165) is 4.90 Å². The predicted octanol–water partition coefficient (Wildman–Crippen LogP) is 1.80. The standard InChI is InChI=1S/C20H16N2O8/c1-27-15-6-10(7-16(28-2)17(15)23)5-12-18(24)21-20(26)22(19(12)25)11-3-4-13-14(8-11)30-9-29-13/h3-8,23H,9H2,1-2H3,(H,21,24,26)/b12-5+. The van der Waals surface area contributed by atoms with Gasteiger partial charge in [0.15, 0.2) is 23.0 Å². The third-order valence-corrected chi connectivity index (χ3v) is 4.53. The van der Waals surface area contributed by atoms with Gasteiger partial charge in [-0.3, -0.25) is 14.9 Å². The van der Waals surface area contributed by atoms with Gasteiger partial charge in [0.1, 0.15) is 5.57 Å². The number of nitrogens with one attached hydrogen (secondary N) is 1. The third-order valence-electron chi connectivity index (χ3n) is 4.53. The second-order valence-corrected chi connectivity index (χ2v) is 6.27. The van der Waals surface area contributed by atoms with Crippen LogP contribution in [0.5, 0.6) is 28.7 Å². The summed E-state index contributed by atoms with van der Waals surface area (Å²) in [6.07, 6.45) is 1.27. The molecule has 10 nitrogen and oxygen atoms in total. The number of aromatic hydroxyl groups is 1. The number of anilines is 1. The maximum Gasteiger partial charge on any atom is 0.335 e. The van der Waals surface area contributed by atoms with E-state index in [4.69, 9.17) is 18.9 Å². The number of imide groups is 2. The van der Waals surface area contributed by atoms with Gasteiger partial charge in [-0.05, 0) is 35.9 Å². The first-order valence-electron chi connectivity index (χ1n) is 8.69. The quantitative estimate of drug-likeness (QED) is 0.576. The van der Waals surface area contributed by atoms with Crippen molar-refractivity contribution in [1.82, 2.24) is 5.32 Å². The Morgan fingerprint density at radius 3 is 2.37 bits per heavy atom. The van der Waals surface area contributed by atoms with E-state index in [1.807, 2.05) is 0 Å². The Bertz CT molecular complexity index is 1080. The van der Waals surface area contributed by atoms with E-state index in [1.165, 1.54) is 44.6 Å². The Morgan fingerprint density at radius 1 is 1.03 bits per heavy atom. The molecule has 10 heteroatoms. The molecule has 1 saturated heterocycles. The highest BCUT2D eigenvalue weighted by atomic mass is 16.7. The summed E-state index contributed by atoms with van der Waals surface area (Å²) in [4.78, 5) is 38.6. The van der Waals surface area contributed by atoms with Gasteiger partial charge in [0.2, 0.25) is 12.5 Å². The number of methoxy groups -OCH3 is 2. The normalized spacial score (nSPS) is 16.7. The summed E-state index contributed by atoms with van der Waals surface area (Å²) in [5.74, 6) is -0.857. The van der Waals surface area contributed by atoms with Gasteiger partial charge < -0.3 is 24.1 Å². The van der Waals surface area contributed by atoms with Crippen molar-refractivity contribution in [2.75, 3.05) is 25.9 Å². The monoisotopic (exact) mass is 412 g/mol. The molecule has 2 aliphatic rings. The number of benzene rings is 2. The molecule has 4 rings (SSSR count). The summed E-state index contributed by atoms with van der Waals surface area (Å²) in [6, 6.07) is 6.50. The van der Waals surface area contributed by atoms with Gasteiger partial charge in [-0.25, -0.2) is 9.69 Å². The summed E-state index contributed by atoms with van der Waals surface area (Å²) in [6.45, 7) is 0.0348. The molecular formula is C20H16N2O8. The van der Waals surface area contributed by atoms with E-state index in [2.05, 4.69) is 5.32 Å². The van der Waals surface area contributed by atoms with Crippen LogP contribution in [0.15, 0.2) is 35.9 Å². The summed E-state index contributed by atoms with van der Waals surface area (Å²) in [5, 5.41) is 12.2. The summed E-state index contributed by atoms with van der Waals surface area (Å²) >= 11 is 0. The summed E-state index contributed by atoms with van der Waals surface area (Å²) in [7, 11) is 2.70. The van der Waals surface area contributed by atoms with E-state index in [1.54, 1.807) is 6.07 Å². The summed E-state index contributed by atoms with van der Waals surface area (Å²) in [5.41, 5.74) is 0.267. The van der Waals surface area contributed by atoms with Crippen LogP contribution in [-0.4, -0.2) is 44.0 Å². The van der Waals surface area contributed by atoms with Crippen molar-refractivity contribution < 1.29 is 38.4 Å². The number of barbiturate groups is 1. The van der Waals surface area contributed by atoms with E-state index >= 15 is 0 Å². The van der Waals surface area contributed by atoms with E-state index < -0.39 is 17.8 Å². The Hall–Kier alpha value is -4.21. The SMILES string of the molecule is COc1cc(/C=C2\C(=O)NC(=O)N(c3ccc4c(c3)OCO4)C2=O)cc(OC)c1O. The second kappa shape index (κ2) is 7.32. The van der Waals surface area contributed by atoms with Crippen molar-refractivity contribution in [2.24, 2.45) is 0 Å². The lowest BCUT2D eigenvalue weighted by atomic mass is 10.1. The minimum Gasteiger partial charge on any atom is -0.502 e. The average Bonchev–Trinajstić information content (AvgIpc) is 3.19. The van der Waals surface area contributed by atoms with Gasteiger partial charge in [0.25, 0.3) is 11.8 Å². The first-order chi connectivity index (χ1) is 14.4. The number of rotatable bonds is 4. The lowest BCUT2D eigenvalue weighted by molar-refractivity contribution is -0.122. The lowest BCUT2D eigenvalue weighted by Crippen LogP contribution is -2.54. The van der Waals surface area contributed by atoms with Crippen molar-refractivity contribution in [3.8, 4) is 28.7 Å². The number of phenolic OH excluding ortho intramolecular Hbond substituents is 1. The molecule has 0 aliphatic carbocycles. The van der Waals surface area contributed by atoms with E-state index in [9.17, 15) is 19.5 Å².